The normalized spacial score (nSPS) is 16.8. The Bertz CT molecular complexity index is 814. The van der Waals surface area contributed by atoms with Gasteiger partial charge in [0.15, 0.2) is 5.76 Å². The van der Waals surface area contributed by atoms with E-state index >= 15 is 0 Å². The molecule has 2 unspecified atom stereocenters. The van der Waals surface area contributed by atoms with Crippen LogP contribution in [0.25, 0.3) is 0 Å². The zero-order valence-corrected chi connectivity index (χ0v) is 15.8. The lowest BCUT2D eigenvalue weighted by Crippen LogP contribution is -2.34. The fourth-order valence-corrected chi connectivity index (χ4v) is 3.67. The van der Waals surface area contributed by atoms with E-state index in [1.54, 1.807) is 0 Å². The number of hydrogen-bond donors (Lipinski definition) is 2. The standard InChI is InChI=1S/C21H26N2O4/c1-3-6-16(21(25)26)12-22-20(24)19-17(9-10-27-19)13-23-14(2)11-15-7-4-5-8-18(15)23/h4-5,7-10,14,16H,3,6,11-13H2,1-2H3,(H,22,24)(H,25,26). The van der Waals surface area contributed by atoms with Crippen LogP contribution in [-0.4, -0.2) is 29.6 Å². The Kier molecular flexibility index (Phi) is 5.84. The van der Waals surface area contributed by atoms with Crippen LogP contribution in [0.15, 0.2) is 41.0 Å². The number of anilines is 1. The summed E-state index contributed by atoms with van der Waals surface area (Å²) in [6.07, 6.45) is 3.78. The number of hydrogen-bond acceptors (Lipinski definition) is 4. The van der Waals surface area contributed by atoms with Crippen molar-refractivity contribution in [2.45, 2.75) is 45.7 Å². The minimum Gasteiger partial charge on any atom is -0.481 e. The van der Waals surface area contributed by atoms with E-state index in [0.29, 0.717) is 19.0 Å². The van der Waals surface area contributed by atoms with Gasteiger partial charge in [-0.1, -0.05) is 31.5 Å². The number of para-hydroxylation sites is 1. The summed E-state index contributed by atoms with van der Waals surface area (Å²) in [5.74, 6) is -1.58. The molecule has 1 aliphatic heterocycles. The maximum Gasteiger partial charge on any atom is 0.308 e. The molecule has 27 heavy (non-hydrogen) atoms. The van der Waals surface area contributed by atoms with Crippen molar-refractivity contribution in [2.24, 2.45) is 5.92 Å². The molecule has 0 saturated heterocycles. The van der Waals surface area contributed by atoms with Crippen LogP contribution in [-0.2, 0) is 17.8 Å². The van der Waals surface area contributed by atoms with Crippen molar-refractivity contribution < 1.29 is 19.1 Å². The summed E-state index contributed by atoms with van der Waals surface area (Å²) in [5.41, 5.74) is 3.30. The number of carbonyl (C=O) groups is 2. The van der Waals surface area contributed by atoms with Gasteiger partial charge in [-0.2, -0.15) is 0 Å². The average Bonchev–Trinajstić information content (AvgIpc) is 3.23. The van der Waals surface area contributed by atoms with Gasteiger partial charge in [-0.15, -0.1) is 0 Å². The minimum atomic E-state index is -0.890. The SMILES string of the molecule is CCCC(CNC(=O)c1occc1CN1c2ccccc2CC1C)C(=O)O. The number of nitrogens with zero attached hydrogens (tertiary/aromatic N) is 1. The second kappa shape index (κ2) is 8.29. The Morgan fingerprint density at radius 1 is 1.33 bits per heavy atom. The number of carboxylic acids is 1. The van der Waals surface area contributed by atoms with E-state index in [1.165, 1.54) is 17.5 Å². The molecule has 0 spiro atoms. The third-order valence-corrected chi connectivity index (χ3v) is 5.14. The van der Waals surface area contributed by atoms with E-state index in [9.17, 15) is 14.7 Å². The van der Waals surface area contributed by atoms with Crippen molar-refractivity contribution in [3.05, 3.63) is 53.5 Å². The van der Waals surface area contributed by atoms with Crippen LogP contribution in [0, 0.1) is 5.92 Å². The molecule has 2 atom stereocenters. The summed E-state index contributed by atoms with van der Waals surface area (Å²) in [5, 5.41) is 11.9. The van der Waals surface area contributed by atoms with E-state index in [2.05, 4.69) is 29.3 Å². The summed E-state index contributed by atoms with van der Waals surface area (Å²) in [4.78, 5) is 26.1. The first kappa shape index (κ1) is 19.0. The molecule has 1 aliphatic rings. The molecule has 144 valence electrons. The summed E-state index contributed by atoms with van der Waals surface area (Å²) < 4.78 is 5.43. The quantitative estimate of drug-likeness (QED) is 0.743. The van der Waals surface area contributed by atoms with Crippen LogP contribution < -0.4 is 10.2 Å². The number of aliphatic carboxylic acids is 1. The minimum absolute atomic E-state index is 0.102. The number of benzene rings is 1. The third-order valence-electron chi connectivity index (χ3n) is 5.14. The first-order chi connectivity index (χ1) is 13.0. The molecule has 0 aliphatic carbocycles. The number of amides is 1. The zero-order chi connectivity index (χ0) is 19.4. The van der Waals surface area contributed by atoms with Crippen molar-refractivity contribution in [2.75, 3.05) is 11.4 Å². The van der Waals surface area contributed by atoms with Gasteiger partial charge in [0.25, 0.3) is 5.91 Å². The van der Waals surface area contributed by atoms with Gasteiger partial charge in [0.1, 0.15) is 0 Å². The van der Waals surface area contributed by atoms with Gasteiger partial charge in [-0.3, -0.25) is 9.59 Å². The van der Waals surface area contributed by atoms with Gasteiger partial charge in [-0.25, -0.2) is 0 Å². The third kappa shape index (κ3) is 4.15. The fourth-order valence-electron chi connectivity index (χ4n) is 3.67. The topological polar surface area (TPSA) is 82.8 Å². The molecule has 3 rings (SSSR count). The van der Waals surface area contributed by atoms with Crippen molar-refractivity contribution in [1.82, 2.24) is 5.32 Å². The van der Waals surface area contributed by atoms with Crippen LogP contribution in [0.2, 0.25) is 0 Å². The van der Waals surface area contributed by atoms with E-state index in [4.69, 9.17) is 4.42 Å². The fraction of sp³-hybridized carbons (Fsp3) is 0.429. The molecule has 1 aromatic heterocycles. The van der Waals surface area contributed by atoms with Crippen molar-refractivity contribution in [3.8, 4) is 0 Å². The molecular formula is C21H26N2O4. The van der Waals surface area contributed by atoms with Crippen molar-refractivity contribution in [3.63, 3.8) is 0 Å². The maximum atomic E-state index is 12.5. The average molecular weight is 370 g/mol. The molecular weight excluding hydrogens is 344 g/mol. The van der Waals surface area contributed by atoms with E-state index in [-0.39, 0.29) is 18.2 Å². The van der Waals surface area contributed by atoms with Crippen LogP contribution in [0.3, 0.4) is 0 Å². The predicted octanol–water partition coefficient (Wildman–Crippen LogP) is 3.46. The van der Waals surface area contributed by atoms with E-state index < -0.39 is 11.9 Å². The Morgan fingerprint density at radius 3 is 2.85 bits per heavy atom. The Morgan fingerprint density at radius 2 is 2.11 bits per heavy atom. The van der Waals surface area contributed by atoms with Gasteiger partial charge in [0.2, 0.25) is 0 Å². The summed E-state index contributed by atoms with van der Waals surface area (Å²) >= 11 is 0. The lowest BCUT2D eigenvalue weighted by atomic mass is 10.0. The lowest BCUT2D eigenvalue weighted by molar-refractivity contribution is -0.141. The van der Waals surface area contributed by atoms with Crippen LogP contribution in [0.4, 0.5) is 5.69 Å². The lowest BCUT2D eigenvalue weighted by Gasteiger charge is -2.24. The van der Waals surface area contributed by atoms with Gasteiger partial charge >= 0.3 is 5.97 Å². The highest BCUT2D eigenvalue weighted by Gasteiger charge is 2.28. The van der Waals surface area contributed by atoms with Crippen LogP contribution in [0.5, 0.6) is 0 Å². The predicted molar refractivity (Wildman–Crippen MR) is 103 cm³/mol. The number of nitrogens with one attached hydrogen (secondary N) is 1. The summed E-state index contributed by atoms with van der Waals surface area (Å²) in [7, 11) is 0. The number of furan rings is 1. The number of carboxylic acid groups (broad SMARTS) is 1. The zero-order valence-electron chi connectivity index (χ0n) is 15.8. The Labute approximate surface area is 159 Å². The highest BCUT2D eigenvalue weighted by molar-refractivity contribution is 5.93. The first-order valence-corrected chi connectivity index (χ1v) is 9.43. The van der Waals surface area contributed by atoms with Crippen LogP contribution in [0.1, 0.15) is 48.4 Å². The molecule has 0 radical (unpaired) electrons. The number of fused-ring (bicyclic) bond motifs is 1. The molecule has 1 aromatic carbocycles. The Hall–Kier alpha value is -2.76. The van der Waals surface area contributed by atoms with Gasteiger partial charge in [0, 0.05) is 30.4 Å². The molecule has 6 heteroatoms. The van der Waals surface area contributed by atoms with E-state index in [0.717, 1.165) is 18.4 Å². The summed E-state index contributed by atoms with van der Waals surface area (Å²) in [6, 6.07) is 10.4. The molecule has 0 bridgehead atoms. The monoisotopic (exact) mass is 370 g/mol. The smallest absolute Gasteiger partial charge is 0.308 e. The van der Waals surface area contributed by atoms with Crippen LogP contribution >= 0.6 is 0 Å². The molecule has 6 nitrogen and oxygen atoms in total. The second-order valence-electron chi connectivity index (χ2n) is 7.12. The number of carbonyl (C=O) groups excluding carboxylic acids is 1. The molecule has 0 saturated carbocycles. The van der Waals surface area contributed by atoms with Gasteiger partial charge in [0.05, 0.1) is 12.2 Å². The molecule has 2 N–H and O–H groups in total. The van der Waals surface area contributed by atoms with E-state index in [1.807, 2.05) is 25.1 Å². The largest absolute Gasteiger partial charge is 0.481 e. The molecule has 1 amide bonds. The Balaban J connectivity index is 1.69. The highest BCUT2D eigenvalue weighted by Crippen LogP contribution is 2.33. The van der Waals surface area contributed by atoms with Crippen molar-refractivity contribution >= 4 is 17.6 Å². The molecule has 2 heterocycles. The van der Waals surface area contributed by atoms with Crippen molar-refractivity contribution in [1.29, 1.82) is 0 Å². The summed E-state index contributed by atoms with van der Waals surface area (Å²) in [6.45, 7) is 4.78. The number of rotatable bonds is 8. The molecule has 2 aromatic rings. The maximum absolute atomic E-state index is 12.5. The highest BCUT2D eigenvalue weighted by atomic mass is 16.4. The second-order valence-corrected chi connectivity index (χ2v) is 7.12. The first-order valence-electron chi connectivity index (χ1n) is 9.43. The van der Waals surface area contributed by atoms with Gasteiger partial charge < -0.3 is 19.7 Å². The molecule has 0 fully saturated rings. The van der Waals surface area contributed by atoms with Gasteiger partial charge in [-0.05, 0) is 37.5 Å².